The zero-order chi connectivity index (χ0) is 77.6. The average Bonchev–Trinajstić information content (AvgIpc) is 1.74. The number of carboxylic acid groups (broad SMARTS) is 1. The number of benzene rings is 4. The minimum atomic E-state index is -1.92. The van der Waals surface area contributed by atoms with E-state index in [4.69, 9.17) is 23.7 Å². The molecule has 0 saturated carbocycles. The van der Waals surface area contributed by atoms with Crippen molar-refractivity contribution in [1.29, 1.82) is 0 Å². The molecule has 5 atom stereocenters. The van der Waals surface area contributed by atoms with Gasteiger partial charge in [-0.2, -0.15) is 0 Å². The Morgan fingerprint density at radius 2 is 0.935 bits per heavy atom. The van der Waals surface area contributed by atoms with Gasteiger partial charge in [0.25, 0.3) is 0 Å². The number of aromatic hydroxyl groups is 1. The first-order valence-electron chi connectivity index (χ1n) is 34.2. The lowest BCUT2D eigenvalue weighted by Crippen LogP contribution is -2.59. The van der Waals surface area contributed by atoms with Gasteiger partial charge in [-0.05, 0) is 65.1 Å². The van der Waals surface area contributed by atoms with E-state index in [1.165, 1.54) is 24.3 Å². The van der Waals surface area contributed by atoms with E-state index in [1.54, 1.807) is 60.9 Å². The van der Waals surface area contributed by atoms with Crippen molar-refractivity contribution in [1.82, 2.24) is 68.5 Å². The van der Waals surface area contributed by atoms with Gasteiger partial charge in [0.1, 0.15) is 36.0 Å². The van der Waals surface area contributed by atoms with Crippen LogP contribution in [0.1, 0.15) is 68.2 Å². The molecule has 0 unspecified atom stereocenters. The van der Waals surface area contributed by atoms with Crippen LogP contribution in [0.5, 0.6) is 11.5 Å². The number of aliphatic carboxylic acids is 1. The molecule has 0 aliphatic heterocycles. The summed E-state index contributed by atoms with van der Waals surface area (Å²) < 4.78 is 55.5. The molecule has 0 aliphatic carbocycles. The number of ether oxygens (including phenoxy) is 5. The molecule has 0 radical (unpaired) electrons. The summed E-state index contributed by atoms with van der Waals surface area (Å²) in [5, 5.41) is 57.8. The second-order valence-electron chi connectivity index (χ2n) is 24.1. The van der Waals surface area contributed by atoms with Crippen molar-refractivity contribution >= 4 is 98.7 Å². The fourth-order valence-electron chi connectivity index (χ4n) is 10.3. The molecule has 2 aromatic heterocycles. The Bertz CT molecular complexity index is 4000. The van der Waals surface area contributed by atoms with Crippen LogP contribution in [0.3, 0.4) is 0 Å². The Labute approximate surface area is 612 Å². The van der Waals surface area contributed by atoms with Gasteiger partial charge < -0.3 is 107 Å². The van der Waals surface area contributed by atoms with Crippen molar-refractivity contribution in [2.45, 2.75) is 102 Å². The average molecular weight is 1500 g/mol. The van der Waals surface area contributed by atoms with E-state index in [0.717, 1.165) is 19.1 Å². The number of aliphatic hydroxyl groups is 1. The van der Waals surface area contributed by atoms with Gasteiger partial charge in [-0.1, -0.05) is 61.9 Å². The van der Waals surface area contributed by atoms with Crippen LogP contribution < -0.4 is 63.2 Å². The van der Waals surface area contributed by atoms with Crippen molar-refractivity contribution in [3.05, 3.63) is 131 Å². The summed E-state index contributed by atoms with van der Waals surface area (Å²) in [7, 11) is 0. The van der Waals surface area contributed by atoms with Gasteiger partial charge in [0.2, 0.25) is 70.7 Å². The van der Waals surface area contributed by atoms with E-state index >= 15 is 0 Å². The second-order valence-corrected chi connectivity index (χ2v) is 24.1. The third-order valence-electron chi connectivity index (χ3n) is 15.8. The summed E-state index contributed by atoms with van der Waals surface area (Å²) >= 11 is 0. The molecule has 2 heterocycles. The fraction of sp³-hybridized carbons (Fsp3) is 0.423. The number of carbonyl (C=O) groups is 13. The van der Waals surface area contributed by atoms with Crippen molar-refractivity contribution in [2.24, 2.45) is 0 Å². The Morgan fingerprint density at radius 1 is 0.477 bits per heavy atom. The molecule has 6 rings (SSSR count). The van der Waals surface area contributed by atoms with E-state index in [1.807, 2.05) is 6.92 Å². The zero-order valence-electron chi connectivity index (χ0n) is 58.8. The first-order chi connectivity index (χ1) is 51.4. The first-order valence-corrected chi connectivity index (χ1v) is 34.2. The molecule has 6 aromatic rings. The molecule has 0 fully saturated rings. The molecule has 0 aliphatic rings. The number of rotatable bonds is 48. The molecule has 0 bridgehead atoms. The summed E-state index contributed by atoms with van der Waals surface area (Å²) in [6.45, 7) is 0.551. The number of nitrogens with one attached hydrogen (secondary N) is 13. The SMILES string of the molecule is CCCCC(=O)Oc1c(F)cc(CNC(=O)CCOCCOCCOCCOCCNC(=O)CNC(=O)[C@H](Cc2c[nH]c3ccccc23)NC(=O)CNC(=O)[C@H](CC(=O)O)NC(=O)[C@H](Cc2ccc(O)cc2)NC(=O)[C@H](Cc2c[nH]c3ccccc23)NC(=O)CNC(=O)[C@H](CO)NC(=O)CNC(C)=O)cc1F. The monoisotopic (exact) mass is 1500 g/mol. The van der Waals surface area contributed by atoms with Crippen molar-refractivity contribution < 1.29 is 110 Å². The van der Waals surface area contributed by atoms with Crippen LogP contribution in [0, 0.1) is 11.6 Å². The normalized spacial score (nSPS) is 12.4. The van der Waals surface area contributed by atoms with Crippen LogP contribution in [0.15, 0.2) is 97.3 Å². The topological polar surface area (TPSA) is 493 Å². The van der Waals surface area contributed by atoms with Gasteiger partial charge in [0, 0.05) is 86.3 Å². The molecule has 11 amide bonds. The molecule has 34 nitrogen and oxygen atoms in total. The number of fused-ring (bicyclic) bond motifs is 2. The smallest absolute Gasteiger partial charge is 0.311 e. The molecule has 578 valence electrons. The molecule has 107 heavy (non-hydrogen) atoms. The van der Waals surface area contributed by atoms with Crippen LogP contribution >= 0.6 is 0 Å². The van der Waals surface area contributed by atoms with Gasteiger partial charge in [0.15, 0.2) is 11.6 Å². The Morgan fingerprint density at radius 3 is 1.46 bits per heavy atom. The van der Waals surface area contributed by atoms with E-state index in [9.17, 15) is 86.4 Å². The van der Waals surface area contributed by atoms with Gasteiger partial charge in [0.05, 0.1) is 92.1 Å². The highest BCUT2D eigenvalue weighted by molar-refractivity contribution is 5.99. The third kappa shape index (κ3) is 30.3. The van der Waals surface area contributed by atoms with Gasteiger partial charge in [-0.3, -0.25) is 62.3 Å². The lowest BCUT2D eigenvalue weighted by molar-refractivity contribution is -0.141. The minimum Gasteiger partial charge on any atom is -0.508 e. The summed E-state index contributed by atoms with van der Waals surface area (Å²) in [4.78, 5) is 176. The number of aromatic amines is 2. The zero-order valence-corrected chi connectivity index (χ0v) is 58.8. The van der Waals surface area contributed by atoms with E-state index < -0.39 is 164 Å². The van der Waals surface area contributed by atoms with E-state index in [-0.39, 0.29) is 109 Å². The maximum absolute atomic E-state index is 14.5. The maximum atomic E-state index is 14.5. The lowest BCUT2D eigenvalue weighted by Gasteiger charge is -2.25. The van der Waals surface area contributed by atoms with E-state index in [0.29, 0.717) is 51.3 Å². The molecule has 36 heteroatoms. The third-order valence-corrected chi connectivity index (χ3v) is 15.8. The van der Waals surface area contributed by atoms with Crippen molar-refractivity contribution in [3.63, 3.8) is 0 Å². The van der Waals surface area contributed by atoms with Crippen molar-refractivity contribution in [2.75, 3.05) is 92.2 Å². The van der Waals surface area contributed by atoms with E-state index in [2.05, 4.69) is 68.5 Å². The largest absolute Gasteiger partial charge is 0.508 e. The van der Waals surface area contributed by atoms with Gasteiger partial charge in [-0.25, -0.2) is 8.78 Å². The lowest BCUT2D eigenvalue weighted by atomic mass is 10.0. The fourth-order valence-corrected chi connectivity index (χ4v) is 10.3. The number of esters is 1. The predicted octanol–water partition coefficient (Wildman–Crippen LogP) is -0.979. The quantitative estimate of drug-likeness (QED) is 0.0124. The summed E-state index contributed by atoms with van der Waals surface area (Å²) in [5.74, 6) is -14.8. The molecule has 0 spiro atoms. The van der Waals surface area contributed by atoms with Crippen molar-refractivity contribution in [3.8, 4) is 11.5 Å². The number of carbonyl (C=O) groups excluding carboxylic acids is 12. The minimum absolute atomic E-state index is 0.0241. The number of hydrogen-bond acceptors (Lipinski definition) is 20. The number of aliphatic hydroxyl groups excluding tert-OH is 1. The molecule has 0 saturated heterocycles. The second kappa shape index (κ2) is 45.0. The summed E-state index contributed by atoms with van der Waals surface area (Å²) in [6.07, 6.45) is 2.66. The highest BCUT2D eigenvalue weighted by Gasteiger charge is 2.33. The van der Waals surface area contributed by atoms with Gasteiger partial charge >= 0.3 is 11.9 Å². The Hall–Kier alpha value is -11.5. The summed E-state index contributed by atoms with van der Waals surface area (Å²) in [6, 6.07) is 13.4. The van der Waals surface area contributed by atoms with Gasteiger partial charge in [-0.15, -0.1) is 0 Å². The number of unbranched alkanes of at least 4 members (excludes halogenated alkanes) is 1. The summed E-state index contributed by atoms with van der Waals surface area (Å²) in [5.41, 5.74) is 2.94. The van der Waals surface area contributed by atoms with Crippen LogP contribution in [0.4, 0.5) is 8.78 Å². The number of carboxylic acids is 1. The molecular weight excluding hydrogens is 1410 g/mol. The standard InChI is InChI=1S/C71H89F2N13O21/c1-3-4-13-65(97)107-66-50(72)28-44(29-51(66)73)34-78-59(90)18-20-103-22-24-105-26-27-106-25-23-104-21-19-74-60(91)37-79-67(98)55(31-45-35-76-52-11-7-5-9-48(45)52)82-62(93)39-80-68(99)57(33-64(95)96)86-70(101)54(30-43-14-16-47(89)17-15-43)85-71(102)56(32-46-36-77-53-12-8-6-10-49(46)53)83-63(94)40-81-69(100)58(41-87)84-61(92)38-75-42(2)88/h5-12,14-17,28-29,35-36,54-58,76-77,87,89H,3-4,13,18-27,30-34,37-41H2,1-2H3,(H,74,91)(H,75,88)(H,78,90)(H,79,98)(H,80,99)(H,81,100)(H,82,93)(H,83,94)(H,84,92)(H,85,102)(H,86,101)(H,95,96)/t54-,55-,56-,57-,58-/m0/s1. The number of H-pyrrole nitrogens is 2. The highest BCUT2D eigenvalue weighted by Crippen LogP contribution is 2.25. The van der Waals surface area contributed by atoms with Crippen LogP contribution in [-0.4, -0.2) is 225 Å². The molecule has 4 aromatic carbocycles. The molecule has 16 N–H and O–H groups in total. The number of para-hydroxylation sites is 2. The first kappa shape index (κ1) is 84.5. The number of aromatic nitrogens is 2. The maximum Gasteiger partial charge on any atom is 0.311 e. The number of halogens is 2. The van der Waals surface area contributed by atoms with Crippen LogP contribution in [0.25, 0.3) is 21.8 Å². The highest BCUT2D eigenvalue weighted by atomic mass is 19.1. The number of phenols is 1. The van der Waals surface area contributed by atoms with Crippen LogP contribution in [-0.2, 0) is 107 Å². The van der Waals surface area contributed by atoms with Crippen LogP contribution in [0.2, 0.25) is 0 Å². The Kier molecular flexibility index (Phi) is 35.5. The number of phenolic OH excluding ortho intramolecular Hbond substituents is 1. The Balaban J connectivity index is 0.954. The number of amides is 11. The predicted molar refractivity (Wildman–Crippen MR) is 377 cm³/mol. The number of hydrogen-bond donors (Lipinski definition) is 16. The molecular formula is C71H89F2N13O21.